The zero-order chi connectivity index (χ0) is 15.0. The van der Waals surface area contributed by atoms with Crippen LogP contribution in [0, 0.1) is 0 Å². The van der Waals surface area contributed by atoms with Gasteiger partial charge in [0.25, 0.3) is 0 Å². The smallest absolute Gasteiger partial charge is 0.214 e. The fourth-order valence-corrected chi connectivity index (χ4v) is 3.45. The van der Waals surface area contributed by atoms with Gasteiger partial charge in [-0.05, 0) is 37.1 Å². The minimum absolute atomic E-state index is 0.151. The molecule has 3 rings (SSSR count). The van der Waals surface area contributed by atoms with Crippen LogP contribution in [-0.2, 0) is 9.84 Å². The van der Waals surface area contributed by atoms with E-state index in [1.165, 1.54) is 24.3 Å². The number of sulfone groups is 1. The van der Waals surface area contributed by atoms with E-state index >= 15 is 0 Å². The first kappa shape index (κ1) is 14.5. The van der Waals surface area contributed by atoms with Crippen molar-refractivity contribution in [3.8, 4) is 0 Å². The fraction of sp³-hybridized carbons (Fsp3) is 0.286. The molecule has 1 fully saturated rings. The van der Waals surface area contributed by atoms with Gasteiger partial charge in [0.2, 0.25) is 5.78 Å². The van der Waals surface area contributed by atoms with Crippen molar-refractivity contribution in [2.45, 2.75) is 23.7 Å². The van der Waals surface area contributed by atoms with Crippen LogP contribution in [0.4, 0.5) is 0 Å². The average Bonchev–Trinajstić information content (AvgIpc) is 3.24. The van der Waals surface area contributed by atoms with E-state index in [0.29, 0.717) is 11.5 Å². The molecule has 0 aliphatic heterocycles. The first-order valence-corrected chi connectivity index (χ1v) is 9.19. The summed E-state index contributed by atoms with van der Waals surface area (Å²) in [7, 11) is -3.33. The fourth-order valence-electron chi connectivity index (χ4n) is 1.98. The standard InChI is InChI=1S/C14H12BrNO4S/c15-8-21(18,19)11-5-3-10(4-6-11)14(17)12-7-13(20-16-12)9-1-2-9/h3-7,9H,1-2,8H2. The third-order valence-corrected chi connectivity index (χ3v) is 6.45. The maximum absolute atomic E-state index is 12.3. The first-order valence-electron chi connectivity index (χ1n) is 6.41. The van der Waals surface area contributed by atoms with E-state index in [2.05, 4.69) is 21.1 Å². The lowest BCUT2D eigenvalue weighted by molar-refractivity contribution is 0.103. The number of ketones is 1. The first-order chi connectivity index (χ1) is 10.0. The molecule has 21 heavy (non-hydrogen) atoms. The molecule has 0 unspecified atom stereocenters. The Bertz CT molecular complexity index is 776. The number of carbonyl (C=O) groups is 1. The van der Waals surface area contributed by atoms with Crippen molar-refractivity contribution in [2.24, 2.45) is 0 Å². The van der Waals surface area contributed by atoms with E-state index in [0.717, 1.165) is 18.6 Å². The number of halogens is 1. The third-order valence-electron chi connectivity index (χ3n) is 3.36. The lowest BCUT2D eigenvalue weighted by atomic mass is 10.1. The molecule has 0 spiro atoms. The Morgan fingerprint density at radius 2 is 1.95 bits per heavy atom. The van der Waals surface area contributed by atoms with Crippen molar-refractivity contribution < 1.29 is 17.7 Å². The molecular weight excluding hydrogens is 358 g/mol. The lowest BCUT2D eigenvalue weighted by Gasteiger charge is -2.01. The van der Waals surface area contributed by atoms with E-state index in [1.54, 1.807) is 6.07 Å². The highest BCUT2D eigenvalue weighted by molar-refractivity contribution is 9.10. The molecular formula is C14H12BrNO4S. The van der Waals surface area contributed by atoms with Crippen LogP contribution in [0.1, 0.15) is 40.6 Å². The summed E-state index contributed by atoms with van der Waals surface area (Å²) in [6.07, 6.45) is 2.14. The normalized spacial score (nSPS) is 15.1. The molecule has 1 aliphatic rings. The van der Waals surface area contributed by atoms with E-state index in [-0.39, 0.29) is 21.0 Å². The largest absolute Gasteiger partial charge is 0.360 e. The number of carbonyl (C=O) groups excluding carboxylic acids is 1. The number of hydrogen-bond donors (Lipinski definition) is 0. The SMILES string of the molecule is O=C(c1ccc(S(=O)(=O)CBr)cc1)c1cc(C2CC2)on1. The topological polar surface area (TPSA) is 77.2 Å². The van der Waals surface area contributed by atoms with Crippen molar-refractivity contribution in [1.29, 1.82) is 0 Å². The summed E-state index contributed by atoms with van der Waals surface area (Å²) in [6.45, 7) is 0. The maximum Gasteiger partial charge on any atom is 0.214 e. The van der Waals surface area contributed by atoms with Crippen LogP contribution in [0.2, 0.25) is 0 Å². The van der Waals surface area contributed by atoms with Gasteiger partial charge in [0, 0.05) is 17.5 Å². The summed E-state index contributed by atoms with van der Waals surface area (Å²) in [5.41, 5.74) is 0.646. The van der Waals surface area contributed by atoms with E-state index in [9.17, 15) is 13.2 Å². The zero-order valence-corrected chi connectivity index (χ0v) is 13.4. The van der Waals surface area contributed by atoms with Gasteiger partial charge in [0.05, 0.1) is 4.90 Å². The van der Waals surface area contributed by atoms with Crippen LogP contribution in [-0.4, -0.2) is 24.0 Å². The van der Waals surface area contributed by atoms with Crippen LogP contribution >= 0.6 is 15.9 Å². The second-order valence-corrected chi connectivity index (χ2v) is 8.26. The molecule has 1 aromatic carbocycles. The minimum Gasteiger partial charge on any atom is -0.360 e. The predicted octanol–water partition coefficient (Wildman–Crippen LogP) is 2.91. The Labute approximate surface area is 130 Å². The number of rotatable bonds is 5. The van der Waals surface area contributed by atoms with Gasteiger partial charge in [-0.15, -0.1) is 0 Å². The van der Waals surface area contributed by atoms with Gasteiger partial charge in [0.15, 0.2) is 15.5 Å². The highest BCUT2D eigenvalue weighted by Gasteiger charge is 2.29. The summed E-state index contributed by atoms with van der Waals surface area (Å²) in [4.78, 5) is 12.4. The van der Waals surface area contributed by atoms with E-state index in [4.69, 9.17) is 4.52 Å². The Balaban J connectivity index is 1.84. The zero-order valence-electron chi connectivity index (χ0n) is 11.0. The second-order valence-electron chi connectivity index (χ2n) is 4.97. The molecule has 0 saturated heterocycles. The van der Waals surface area contributed by atoms with Gasteiger partial charge in [-0.25, -0.2) is 8.42 Å². The summed E-state index contributed by atoms with van der Waals surface area (Å²) < 4.78 is 28.4. The monoisotopic (exact) mass is 369 g/mol. The molecule has 0 radical (unpaired) electrons. The second kappa shape index (κ2) is 5.38. The van der Waals surface area contributed by atoms with Crippen molar-refractivity contribution in [1.82, 2.24) is 5.16 Å². The Morgan fingerprint density at radius 3 is 2.52 bits per heavy atom. The van der Waals surface area contributed by atoms with Gasteiger partial charge in [-0.2, -0.15) is 0 Å². The maximum atomic E-state index is 12.3. The third kappa shape index (κ3) is 2.94. The summed E-state index contributed by atoms with van der Waals surface area (Å²) in [5, 5.41) is 3.79. The van der Waals surface area contributed by atoms with Crippen LogP contribution < -0.4 is 0 Å². The number of benzene rings is 1. The minimum atomic E-state index is -3.33. The number of nitrogens with zero attached hydrogens (tertiary/aromatic N) is 1. The summed E-state index contributed by atoms with van der Waals surface area (Å²) in [6, 6.07) is 7.49. The molecule has 7 heteroatoms. The van der Waals surface area contributed by atoms with Crippen molar-refractivity contribution in [3.63, 3.8) is 0 Å². The van der Waals surface area contributed by atoms with Crippen molar-refractivity contribution in [3.05, 3.63) is 47.3 Å². The number of aromatic nitrogens is 1. The van der Waals surface area contributed by atoms with Crippen LogP contribution in [0.25, 0.3) is 0 Å². The highest BCUT2D eigenvalue weighted by Crippen LogP contribution is 2.40. The summed E-state index contributed by atoms with van der Waals surface area (Å²) >= 11 is 2.94. The van der Waals surface area contributed by atoms with Gasteiger partial charge in [-0.1, -0.05) is 21.1 Å². The quantitative estimate of drug-likeness (QED) is 0.598. The molecule has 1 aromatic heterocycles. The Kier molecular flexibility index (Phi) is 3.71. The summed E-state index contributed by atoms with van der Waals surface area (Å²) in [5.74, 6) is 0.871. The molecule has 1 aliphatic carbocycles. The van der Waals surface area contributed by atoms with Crippen LogP contribution in [0.3, 0.4) is 0 Å². The van der Waals surface area contributed by atoms with E-state index in [1.807, 2.05) is 0 Å². The number of hydrogen-bond acceptors (Lipinski definition) is 5. The highest BCUT2D eigenvalue weighted by atomic mass is 79.9. The lowest BCUT2D eigenvalue weighted by Crippen LogP contribution is -2.04. The van der Waals surface area contributed by atoms with Gasteiger partial charge >= 0.3 is 0 Å². The molecule has 0 amide bonds. The molecule has 2 aromatic rings. The Hall–Kier alpha value is -1.47. The molecule has 5 nitrogen and oxygen atoms in total. The van der Waals surface area contributed by atoms with Gasteiger partial charge < -0.3 is 4.52 Å². The van der Waals surface area contributed by atoms with Crippen molar-refractivity contribution in [2.75, 3.05) is 4.66 Å². The number of alkyl halides is 1. The Morgan fingerprint density at radius 1 is 1.29 bits per heavy atom. The molecule has 0 atom stereocenters. The van der Waals surface area contributed by atoms with Crippen molar-refractivity contribution >= 4 is 31.6 Å². The predicted molar refractivity (Wildman–Crippen MR) is 79.3 cm³/mol. The van der Waals surface area contributed by atoms with Gasteiger partial charge in [-0.3, -0.25) is 4.79 Å². The molecule has 1 saturated carbocycles. The molecule has 1 heterocycles. The van der Waals surface area contributed by atoms with Gasteiger partial charge in [0.1, 0.15) is 10.4 Å². The average molecular weight is 370 g/mol. The van der Waals surface area contributed by atoms with E-state index < -0.39 is 9.84 Å². The molecule has 0 N–H and O–H groups in total. The van der Waals surface area contributed by atoms with Crippen LogP contribution in [0.15, 0.2) is 39.8 Å². The van der Waals surface area contributed by atoms with Crippen LogP contribution in [0.5, 0.6) is 0 Å². The molecule has 110 valence electrons. The molecule has 0 bridgehead atoms.